The van der Waals surface area contributed by atoms with E-state index in [1.54, 1.807) is 0 Å². The maximum absolute atomic E-state index is 6.02. The van der Waals surface area contributed by atoms with Gasteiger partial charge in [0.05, 0.1) is 16.7 Å². The smallest absolute Gasteiger partial charge is 0.215 e. The van der Waals surface area contributed by atoms with Crippen molar-refractivity contribution in [2.24, 2.45) is 7.05 Å². The standard InChI is InChI=1S/C13H14BrClN4/c1-16-6-5-11-12(14)19-10-4-3-8(15)7-9(10)17-13(19)18(11)2/h3-4,7,16H,5-6H2,1-2H3. The molecule has 100 valence electrons. The van der Waals surface area contributed by atoms with Gasteiger partial charge in [0.2, 0.25) is 5.78 Å². The number of rotatable bonds is 3. The SMILES string of the molecule is CNCCc1c(Br)n2c3ccc(Cl)cc3nc2n1C. The number of benzene rings is 1. The predicted octanol–water partition coefficient (Wildman–Crippen LogP) is 3.00. The average Bonchev–Trinajstić information content (AvgIpc) is 2.85. The third kappa shape index (κ3) is 1.96. The van der Waals surface area contributed by atoms with Crippen molar-refractivity contribution in [3.63, 3.8) is 0 Å². The van der Waals surface area contributed by atoms with Crippen LogP contribution in [0.5, 0.6) is 0 Å². The molecule has 0 saturated carbocycles. The second-order valence-electron chi connectivity index (χ2n) is 4.53. The third-order valence-electron chi connectivity index (χ3n) is 3.35. The second-order valence-corrected chi connectivity index (χ2v) is 5.72. The van der Waals surface area contributed by atoms with Crippen LogP contribution in [0.4, 0.5) is 0 Å². The molecule has 1 aromatic carbocycles. The van der Waals surface area contributed by atoms with Crippen molar-refractivity contribution in [1.82, 2.24) is 19.3 Å². The number of aryl methyl sites for hydroxylation is 1. The number of hydrogen-bond donors (Lipinski definition) is 1. The van der Waals surface area contributed by atoms with Gasteiger partial charge in [-0.3, -0.25) is 4.40 Å². The van der Waals surface area contributed by atoms with Crippen LogP contribution in [0.25, 0.3) is 16.8 Å². The zero-order valence-electron chi connectivity index (χ0n) is 10.7. The number of imidazole rings is 2. The number of aromatic nitrogens is 3. The molecular weight excluding hydrogens is 328 g/mol. The van der Waals surface area contributed by atoms with E-state index >= 15 is 0 Å². The van der Waals surface area contributed by atoms with E-state index < -0.39 is 0 Å². The number of likely N-dealkylation sites (N-methyl/N-ethyl adjacent to an activating group) is 1. The lowest BCUT2D eigenvalue weighted by Crippen LogP contribution is -2.12. The maximum Gasteiger partial charge on any atom is 0.215 e. The summed E-state index contributed by atoms with van der Waals surface area (Å²) in [6.07, 6.45) is 0.950. The lowest BCUT2D eigenvalue weighted by atomic mass is 10.3. The zero-order valence-corrected chi connectivity index (χ0v) is 13.1. The van der Waals surface area contributed by atoms with Crippen molar-refractivity contribution in [2.45, 2.75) is 6.42 Å². The van der Waals surface area contributed by atoms with E-state index in [2.05, 4.69) is 35.2 Å². The van der Waals surface area contributed by atoms with Gasteiger partial charge < -0.3 is 9.88 Å². The van der Waals surface area contributed by atoms with E-state index in [4.69, 9.17) is 11.6 Å². The molecule has 0 spiro atoms. The van der Waals surface area contributed by atoms with Crippen molar-refractivity contribution >= 4 is 44.3 Å². The van der Waals surface area contributed by atoms with E-state index in [9.17, 15) is 0 Å². The number of halogens is 2. The summed E-state index contributed by atoms with van der Waals surface area (Å²) < 4.78 is 5.30. The second kappa shape index (κ2) is 4.81. The minimum absolute atomic E-state index is 0.711. The summed E-state index contributed by atoms with van der Waals surface area (Å²) in [5.41, 5.74) is 3.21. The predicted molar refractivity (Wildman–Crippen MR) is 82.0 cm³/mol. The largest absolute Gasteiger partial charge is 0.319 e. The number of hydrogen-bond acceptors (Lipinski definition) is 2. The lowest BCUT2D eigenvalue weighted by Gasteiger charge is -2.03. The fourth-order valence-corrected chi connectivity index (χ4v) is 3.34. The minimum atomic E-state index is 0.711. The summed E-state index contributed by atoms with van der Waals surface area (Å²) >= 11 is 9.71. The molecule has 0 radical (unpaired) electrons. The van der Waals surface area contributed by atoms with Crippen molar-refractivity contribution < 1.29 is 0 Å². The molecule has 0 aliphatic carbocycles. The van der Waals surface area contributed by atoms with Crippen molar-refractivity contribution in [2.75, 3.05) is 13.6 Å². The van der Waals surface area contributed by atoms with Gasteiger partial charge in [0.15, 0.2) is 0 Å². The molecule has 0 bridgehead atoms. The molecule has 0 saturated heterocycles. The van der Waals surface area contributed by atoms with Crippen molar-refractivity contribution in [1.29, 1.82) is 0 Å². The van der Waals surface area contributed by atoms with E-state index in [1.807, 2.05) is 32.3 Å². The topological polar surface area (TPSA) is 34.3 Å². The Balaban J connectivity index is 2.28. The Labute approximate surface area is 124 Å². The average molecular weight is 342 g/mol. The molecule has 19 heavy (non-hydrogen) atoms. The van der Waals surface area contributed by atoms with E-state index in [-0.39, 0.29) is 0 Å². The van der Waals surface area contributed by atoms with Crippen LogP contribution in [0.1, 0.15) is 5.69 Å². The number of nitrogens with one attached hydrogen (secondary N) is 1. The number of nitrogens with zero attached hydrogens (tertiary/aromatic N) is 3. The highest BCUT2D eigenvalue weighted by molar-refractivity contribution is 9.10. The molecule has 3 aromatic rings. The molecule has 4 nitrogen and oxygen atoms in total. The highest BCUT2D eigenvalue weighted by atomic mass is 79.9. The highest BCUT2D eigenvalue weighted by Crippen LogP contribution is 2.28. The van der Waals surface area contributed by atoms with Gasteiger partial charge >= 0.3 is 0 Å². The van der Waals surface area contributed by atoms with Gasteiger partial charge in [-0.05, 0) is 41.2 Å². The first-order chi connectivity index (χ1) is 9.13. The van der Waals surface area contributed by atoms with Gasteiger partial charge in [0.1, 0.15) is 4.60 Å². The van der Waals surface area contributed by atoms with Crippen LogP contribution >= 0.6 is 27.5 Å². The van der Waals surface area contributed by atoms with E-state index in [0.29, 0.717) is 5.02 Å². The molecular formula is C13H14BrClN4. The summed E-state index contributed by atoms with van der Waals surface area (Å²) in [4.78, 5) is 4.66. The fraction of sp³-hybridized carbons (Fsp3) is 0.308. The molecule has 0 unspecified atom stereocenters. The first-order valence-corrected chi connectivity index (χ1v) is 7.26. The summed E-state index contributed by atoms with van der Waals surface area (Å²) in [6, 6.07) is 5.79. The van der Waals surface area contributed by atoms with Crippen molar-refractivity contribution in [3.8, 4) is 0 Å². The Bertz CT molecular complexity index is 759. The van der Waals surface area contributed by atoms with Gasteiger partial charge in [0, 0.05) is 25.0 Å². The summed E-state index contributed by atoms with van der Waals surface area (Å²) in [6.45, 7) is 0.934. The first kappa shape index (κ1) is 13.0. The zero-order chi connectivity index (χ0) is 13.6. The van der Waals surface area contributed by atoms with Gasteiger partial charge in [-0.2, -0.15) is 0 Å². The normalized spacial score (nSPS) is 11.8. The maximum atomic E-state index is 6.02. The minimum Gasteiger partial charge on any atom is -0.319 e. The Kier molecular flexibility index (Phi) is 3.28. The summed E-state index contributed by atoms with van der Waals surface area (Å²) in [5, 5.41) is 3.88. The summed E-state index contributed by atoms with van der Waals surface area (Å²) in [7, 11) is 4.00. The third-order valence-corrected chi connectivity index (χ3v) is 4.40. The highest BCUT2D eigenvalue weighted by Gasteiger charge is 2.17. The van der Waals surface area contributed by atoms with Crippen LogP contribution in [0.15, 0.2) is 22.8 Å². The monoisotopic (exact) mass is 340 g/mol. The molecule has 3 rings (SSSR count). The molecule has 0 atom stereocenters. The van der Waals surface area contributed by atoms with Crippen LogP contribution in [-0.4, -0.2) is 27.5 Å². The molecule has 2 aromatic heterocycles. The first-order valence-electron chi connectivity index (χ1n) is 6.09. The Morgan fingerprint density at radius 3 is 2.95 bits per heavy atom. The fourth-order valence-electron chi connectivity index (χ4n) is 2.36. The lowest BCUT2D eigenvalue weighted by molar-refractivity contribution is 0.741. The van der Waals surface area contributed by atoms with Crippen LogP contribution in [0, 0.1) is 0 Å². The van der Waals surface area contributed by atoms with Crippen LogP contribution < -0.4 is 5.32 Å². The van der Waals surface area contributed by atoms with E-state index in [1.165, 1.54) is 5.69 Å². The van der Waals surface area contributed by atoms with Gasteiger partial charge in [-0.1, -0.05) is 11.6 Å². The van der Waals surface area contributed by atoms with E-state index in [0.717, 1.165) is 34.4 Å². The quantitative estimate of drug-likeness (QED) is 0.794. The van der Waals surface area contributed by atoms with Gasteiger partial charge in [-0.15, -0.1) is 0 Å². The van der Waals surface area contributed by atoms with Crippen LogP contribution in [-0.2, 0) is 13.5 Å². The van der Waals surface area contributed by atoms with Crippen LogP contribution in [0.2, 0.25) is 5.02 Å². The Morgan fingerprint density at radius 1 is 1.42 bits per heavy atom. The van der Waals surface area contributed by atoms with Gasteiger partial charge in [0.25, 0.3) is 0 Å². The molecule has 2 heterocycles. The molecule has 0 amide bonds. The Morgan fingerprint density at radius 2 is 2.21 bits per heavy atom. The van der Waals surface area contributed by atoms with Crippen LogP contribution in [0.3, 0.4) is 0 Å². The summed E-state index contributed by atoms with van der Waals surface area (Å²) in [5.74, 6) is 0.926. The van der Waals surface area contributed by atoms with Crippen molar-refractivity contribution in [3.05, 3.63) is 33.5 Å². The molecule has 0 aliphatic heterocycles. The van der Waals surface area contributed by atoms with Gasteiger partial charge in [-0.25, -0.2) is 4.98 Å². The molecule has 1 N–H and O–H groups in total. The molecule has 6 heteroatoms. The molecule has 0 fully saturated rings. The molecule has 0 aliphatic rings. The number of fused-ring (bicyclic) bond motifs is 3. The Hall–Kier alpha value is -1.04.